The molecular formula is C8H8NO3-. The van der Waals surface area contributed by atoms with E-state index in [4.69, 9.17) is 0 Å². The van der Waals surface area contributed by atoms with Gasteiger partial charge in [-0.1, -0.05) is 13.0 Å². The van der Waals surface area contributed by atoms with Crippen LogP contribution in [-0.4, -0.2) is 22.8 Å². The van der Waals surface area contributed by atoms with Crippen molar-refractivity contribution in [2.24, 2.45) is 5.92 Å². The second-order valence-electron chi connectivity index (χ2n) is 3.23. The van der Waals surface area contributed by atoms with Crippen molar-refractivity contribution in [3.63, 3.8) is 0 Å². The van der Waals surface area contributed by atoms with Crippen LogP contribution in [0.5, 0.6) is 0 Å². The molecule has 4 nitrogen and oxygen atoms in total. The highest BCUT2D eigenvalue weighted by Gasteiger charge is 2.45. The third kappa shape index (κ3) is 0.719. The van der Waals surface area contributed by atoms with Gasteiger partial charge in [0.05, 0.1) is 17.7 Å². The summed E-state index contributed by atoms with van der Waals surface area (Å²) in [6.07, 6.45) is 2.05. The van der Waals surface area contributed by atoms with Crippen molar-refractivity contribution in [2.75, 3.05) is 0 Å². The van der Waals surface area contributed by atoms with Crippen molar-refractivity contribution in [3.8, 4) is 0 Å². The Morgan fingerprint density at radius 3 is 2.83 bits per heavy atom. The van der Waals surface area contributed by atoms with Gasteiger partial charge >= 0.3 is 0 Å². The molecule has 1 unspecified atom stereocenters. The summed E-state index contributed by atoms with van der Waals surface area (Å²) in [4.78, 5) is 22.8. The van der Waals surface area contributed by atoms with Gasteiger partial charge in [-0.05, 0) is 5.92 Å². The van der Waals surface area contributed by atoms with E-state index in [9.17, 15) is 14.7 Å². The van der Waals surface area contributed by atoms with Crippen LogP contribution in [0, 0.1) is 5.92 Å². The zero-order valence-electron chi connectivity index (χ0n) is 6.61. The maximum Gasteiger partial charge on any atom is 0.229 e. The molecule has 1 saturated heterocycles. The Kier molecular flexibility index (Phi) is 1.28. The molecule has 0 N–H and O–H groups in total. The molecule has 2 atom stereocenters. The highest BCUT2D eigenvalue weighted by atomic mass is 16.4. The number of aliphatic carboxylic acids is 1. The van der Waals surface area contributed by atoms with Crippen molar-refractivity contribution in [3.05, 3.63) is 11.8 Å². The van der Waals surface area contributed by atoms with Crippen LogP contribution < -0.4 is 5.11 Å². The molecule has 12 heavy (non-hydrogen) atoms. The number of hydrogen-bond donors (Lipinski definition) is 0. The molecule has 2 rings (SSSR count). The molecule has 0 bridgehead atoms. The van der Waals surface area contributed by atoms with Crippen LogP contribution in [0.15, 0.2) is 11.8 Å². The first-order chi connectivity index (χ1) is 5.61. The molecule has 0 spiro atoms. The fourth-order valence-corrected chi connectivity index (χ4v) is 1.78. The molecule has 0 radical (unpaired) electrons. The fraction of sp³-hybridized carbons (Fsp3) is 0.500. The summed E-state index contributed by atoms with van der Waals surface area (Å²) in [7, 11) is 0. The average Bonchev–Trinajstić information content (AvgIpc) is 2.22. The molecule has 1 fully saturated rings. The third-order valence-electron chi connectivity index (χ3n) is 2.48. The molecule has 0 aromatic heterocycles. The first-order valence-corrected chi connectivity index (χ1v) is 3.86. The van der Waals surface area contributed by atoms with Gasteiger partial charge in [0.1, 0.15) is 0 Å². The Morgan fingerprint density at radius 1 is 1.75 bits per heavy atom. The average molecular weight is 166 g/mol. The Bertz CT molecular complexity index is 295. The van der Waals surface area contributed by atoms with Crippen molar-refractivity contribution >= 4 is 11.9 Å². The van der Waals surface area contributed by atoms with Gasteiger partial charge in [0, 0.05) is 6.42 Å². The highest BCUT2D eigenvalue weighted by molar-refractivity contribution is 5.96. The van der Waals surface area contributed by atoms with E-state index in [-0.39, 0.29) is 23.6 Å². The van der Waals surface area contributed by atoms with E-state index < -0.39 is 5.97 Å². The van der Waals surface area contributed by atoms with Crippen molar-refractivity contribution in [1.82, 2.24) is 4.90 Å². The van der Waals surface area contributed by atoms with Gasteiger partial charge in [-0.2, -0.15) is 0 Å². The van der Waals surface area contributed by atoms with E-state index in [1.807, 2.05) is 6.92 Å². The molecule has 4 heteroatoms. The van der Waals surface area contributed by atoms with Gasteiger partial charge < -0.3 is 14.8 Å². The maximum atomic E-state index is 11.0. The van der Waals surface area contributed by atoms with Crippen LogP contribution >= 0.6 is 0 Å². The van der Waals surface area contributed by atoms with Gasteiger partial charge in [0.2, 0.25) is 5.91 Å². The Balaban J connectivity index is 2.29. The number of nitrogens with zero attached hydrogens (tertiary/aromatic N) is 1. The lowest BCUT2D eigenvalue weighted by Gasteiger charge is -2.38. The molecule has 0 saturated carbocycles. The maximum absolute atomic E-state index is 11.0. The van der Waals surface area contributed by atoms with Crippen LogP contribution in [0.2, 0.25) is 0 Å². The Hall–Kier alpha value is -1.32. The number of hydrogen-bond acceptors (Lipinski definition) is 3. The minimum absolute atomic E-state index is 0.0451. The summed E-state index contributed by atoms with van der Waals surface area (Å²) in [5.74, 6) is -1.21. The SMILES string of the molecule is CC1C=C(C(=O)[O-])N2C(=O)C[C@@H]12. The molecule has 0 aromatic rings. The molecule has 0 aromatic carbocycles. The van der Waals surface area contributed by atoms with Crippen molar-refractivity contribution in [1.29, 1.82) is 0 Å². The van der Waals surface area contributed by atoms with E-state index in [1.54, 1.807) is 6.08 Å². The number of amides is 1. The third-order valence-corrected chi connectivity index (χ3v) is 2.48. The minimum Gasteiger partial charge on any atom is -0.543 e. The number of fused-ring (bicyclic) bond motifs is 1. The van der Waals surface area contributed by atoms with Gasteiger partial charge in [0.15, 0.2) is 0 Å². The predicted molar refractivity (Wildman–Crippen MR) is 37.5 cm³/mol. The summed E-state index contributed by atoms with van der Waals surface area (Å²) in [5.41, 5.74) is 0.0451. The lowest BCUT2D eigenvalue weighted by atomic mass is 9.94. The molecule has 64 valence electrons. The minimum atomic E-state index is -1.25. The molecule has 0 aliphatic carbocycles. The summed E-state index contributed by atoms with van der Waals surface area (Å²) in [6, 6.07) is 0.0744. The summed E-state index contributed by atoms with van der Waals surface area (Å²) in [5, 5.41) is 10.5. The van der Waals surface area contributed by atoms with Crippen LogP contribution in [-0.2, 0) is 9.59 Å². The smallest absolute Gasteiger partial charge is 0.229 e. The zero-order valence-corrected chi connectivity index (χ0v) is 6.61. The molecular weight excluding hydrogens is 158 g/mol. The zero-order chi connectivity index (χ0) is 8.88. The first kappa shape index (κ1) is 7.34. The lowest BCUT2D eigenvalue weighted by Crippen LogP contribution is -2.53. The number of rotatable bonds is 1. The normalized spacial score (nSPS) is 32.6. The summed E-state index contributed by atoms with van der Waals surface area (Å²) < 4.78 is 0. The predicted octanol–water partition coefficient (Wildman–Crippen LogP) is -1.13. The first-order valence-electron chi connectivity index (χ1n) is 3.86. The topological polar surface area (TPSA) is 60.4 Å². The molecule has 2 aliphatic heterocycles. The molecule has 2 heterocycles. The van der Waals surface area contributed by atoms with Gasteiger partial charge in [-0.3, -0.25) is 4.79 Å². The molecule has 2 aliphatic rings. The van der Waals surface area contributed by atoms with E-state index in [0.717, 1.165) is 0 Å². The van der Waals surface area contributed by atoms with E-state index in [2.05, 4.69) is 0 Å². The highest BCUT2D eigenvalue weighted by Crippen LogP contribution is 2.36. The van der Waals surface area contributed by atoms with E-state index >= 15 is 0 Å². The summed E-state index contributed by atoms with van der Waals surface area (Å²) >= 11 is 0. The Labute approximate surface area is 69.5 Å². The van der Waals surface area contributed by atoms with E-state index in [0.29, 0.717) is 6.42 Å². The number of carboxylic acid groups (broad SMARTS) is 1. The second-order valence-corrected chi connectivity index (χ2v) is 3.23. The number of β-lactam (4-membered cyclic amide) rings is 1. The van der Waals surface area contributed by atoms with Crippen molar-refractivity contribution < 1.29 is 14.7 Å². The van der Waals surface area contributed by atoms with Crippen LogP contribution in [0.1, 0.15) is 13.3 Å². The van der Waals surface area contributed by atoms with Gasteiger partial charge in [-0.25, -0.2) is 0 Å². The summed E-state index contributed by atoms with van der Waals surface area (Å²) in [6.45, 7) is 1.90. The lowest BCUT2D eigenvalue weighted by molar-refractivity contribution is -0.301. The van der Waals surface area contributed by atoms with Crippen LogP contribution in [0.25, 0.3) is 0 Å². The van der Waals surface area contributed by atoms with Gasteiger partial charge in [0.25, 0.3) is 0 Å². The number of carboxylic acids is 1. The number of carbonyl (C=O) groups is 2. The number of carbonyl (C=O) groups excluding carboxylic acids is 2. The quantitative estimate of drug-likeness (QED) is 0.463. The second kappa shape index (κ2) is 2.09. The van der Waals surface area contributed by atoms with Crippen LogP contribution in [0.3, 0.4) is 0 Å². The monoisotopic (exact) mass is 166 g/mol. The van der Waals surface area contributed by atoms with Crippen LogP contribution in [0.4, 0.5) is 0 Å². The van der Waals surface area contributed by atoms with E-state index in [1.165, 1.54) is 4.90 Å². The Morgan fingerprint density at radius 2 is 2.42 bits per heavy atom. The van der Waals surface area contributed by atoms with Crippen molar-refractivity contribution in [2.45, 2.75) is 19.4 Å². The standard InChI is InChI=1S/C8H9NO3/c1-4-2-6(8(11)12)9-5(4)3-7(9)10/h2,4-5H,3H2,1H3,(H,11,12)/p-1/t4?,5-/m0/s1. The van der Waals surface area contributed by atoms with Gasteiger partial charge in [-0.15, -0.1) is 0 Å². The molecule has 1 amide bonds. The fourth-order valence-electron chi connectivity index (χ4n) is 1.78. The largest absolute Gasteiger partial charge is 0.543 e.